The molecular formula is C13H25N3OS. The van der Waals surface area contributed by atoms with Gasteiger partial charge < -0.3 is 11.1 Å². The third-order valence-corrected chi connectivity index (χ3v) is 3.93. The molecule has 1 aliphatic rings. The fourth-order valence-corrected chi connectivity index (χ4v) is 3.01. The molecule has 3 N–H and O–H groups in total. The lowest BCUT2D eigenvalue weighted by molar-refractivity contribution is -0.124. The van der Waals surface area contributed by atoms with E-state index in [1.807, 2.05) is 13.8 Å². The highest BCUT2D eigenvalue weighted by Crippen LogP contribution is 2.16. The fraction of sp³-hybridized carbons (Fsp3) is 0.846. The van der Waals surface area contributed by atoms with Crippen molar-refractivity contribution >= 4 is 23.1 Å². The molecule has 1 rings (SSSR count). The Bertz CT molecular complexity index is 307. The Hall–Kier alpha value is -0.680. The summed E-state index contributed by atoms with van der Waals surface area (Å²) in [5.41, 5.74) is 5.64. The van der Waals surface area contributed by atoms with Crippen LogP contribution >= 0.6 is 12.2 Å². The van der Waals surface area contributed by atoms with Crippen molar-refractivity contribution in [1.29, 1.82) is 0 Å². The van der Waals surface area contributed by atoms with Crippen molar-refractivity contribution in [3.63, 3.8) is 0 Å². The number of thiocarbonyl (C=S) groups is 1. The average molecular weight is 271 g/mol. The Morgan fingerprint density at radius 1 is 1.56 bits per heavy atom. The molecule has 0 saturated carbocycles. The van der Waals surface area contributed by atoms with E-state index in [0.717, 1.165) is 19.5 Å². The van der Waals surface area contributed by atoms with Crippen LogP contribution in [0.1, 0.15) is 33.6 Å². The lowest BCUT2D eigenvalue weighted by Crippen LogP contribution is -2.45. The van der Waals surface area contributed by atoms with Gasteiger partial charge in [-0.3, -0.25) is 9.69 Å². The van der Waals surface area contributed by atoms with Crippen molar-refractivity contribution in [2.24, 2.45) is 17.6 Å². The Morgan fingerprint density at radius 3 is 2.72 bits per heavy atom. The third kappa shape index (κ3) is 3.92. The zero-order valence-corrected chi connectivity index (χ0v) is 12.4. The molecule has 104 valence electrons. The maximum Gasteiger partial charge on any atom is 0.230 e. The van der Waals surface area contributed by atoms with Crippen LogP contribution in [0.5, 0.6) is 0 Å². The van der Waals surface area contributed by atoms with Gasteiger partial charge >= 0.3 is 0 Å². The number of hydrogen-bond acceptors (Lipinski definition) is 3. The lowest BCUT2D eigenvalue weighted by atomic mass is 9.95. The summed E-state index contributed by atoms with van der Waals surface area (Å²) >= 11 is 4.97. The minimum Gasteiger partial charge on any atom is -0.393 e. The van der Waals surface area contributed by atoms with E-state index in [9.17, 15) is 4.79 Å². The number of nitrogens with zero attached hydrogens (tertiary/aromatic N) is 1. The first-order valence-corrected chi connectivity index (χ1v) is 7.19. The highest BCUT2D eigenvalue weighted by Gasteiger charge is 2.27. The summed E-state index contributed by atoms with van der Waals surface area (Å²) in [5.74, 6) is -0.231. The molecule has 5 heteroatoms. The quantitative estimate of drug-likeness (QED) is 0.712. The minimum absolute atomic E-state index is 0.0274. The van der Waals surface area contributed by atoms with Gasteiger partial charge in [0.1, 0.15) is 0 Å². The molecule has 0 spiro atoms. The molecule has 1 heterocycles. The standard InChI is InChI=1S/C13H25N3OS/c1-4-16-7-5-6-10(16)8-15-13(17)11(9(2)3)12(14)18/h9-11H,4-8H2,1-3H3,(H2,14,18)(H,15,17). The normalized spacial score (nSPS) is 22.1. The summed E-state index contributed by atoms with van der Waals surface area (Å²) in [7, 11) is 0. The highest BCUT2D eigenvalue weighted by molar-refractivity contribution is 7.80. The van der Waals surface area contributed by atoms with Gasteiger partial charge in [0, 0.05) is 12.6 Å². The molecular weight excluding hydrogens is 246 g/mol. The Kier molecular flexibility index (Phi) is 6.02. The van der Waals surface area contributed by atoms with Gasteiger partial charge in [0.25, 0.3) is 0 Å². The molecule has 1 amide bonds. The van der Waals surface area contributed by atoms with Crippen molar-refractivity contribution < 1.29 is 4.79 Å². The van der Waals surface area contributed by atoms with Crippen LogP contribution in [0.25, 0.3) is 0 Å². The van der Waals surface area contributed by atoms with Gasteiger partial charge in [-0.1, -0.05) is 33.0 Å². The van der Waals surface area contributed by atoms with Crippen LogP contribution < -0.4 is 11.1 Å². The van der Waals surface area contributed by atoms with Gasteiger partial charge in [-0.15, -0.1) is 0 Å². The van der Waals surface area contributed by atoms with Gasteiger partial charge in [0.15, 0.2) is 0 Å². The van der Waals surface area contributed by atoms with Crippen LogP contribution in [0.15, 0.2) is 0 Å². The molecule has 0 aromatic carbocycles. The van der Waals surface area contributed by atoms with E-state index in [2.05, 4.69) is 17.1 Å². The summed E-state index contributed by atoms with van der Waals surface area (Å²) in [6.45, 7) is 8.99. The van der Waals surface area contributed by atoms with E-state index in [-0.39, 0.29) is 17.7 Å². The summed E-state index contributed by atoms with van der Waals surface area (Å²) in [5, 5.41) is 3.00. The number of rotatable bonds is 6. The van der Waals surface area contributed by atoms with Gasteiger partial charge in [0.2, 0.25) is 5.91 Å². The average Bonchev–Trinajstić information content (AvgIpc) is 2.72. The molecule has 1 aliphatic heterocycles. The first kappa shape index (κ1) is 15.4. The largest absolute Gasteiger partial charge is 0.393 e. The topological polar surface area (TPSA) is 58.4 Å². The van der Waals surface area contributed by atoms with Crippen molar-refractivity contribution in [2.75, 3.05) is 19.6 Å². The van der Waals surface area contributed by atoms with E-state index in [1.165, 1.54) is 6.42 Å². The van der Waals surface area contributed by atoms with Gasteiger partial charge in [-0.05, 0) is 31.8 Å². The summed E-state index contributed by atoms with van der Waals surface area (Å²) in [6, 6.07) is 0.470. The number of nitrogens with one attached hydrogen (secondary N) is 1. The number of nitrogens with two attached hydrogens (primary N) is 1. The predicted octanol–water partition coefficient (Wildman–Crippen LogP) is 1.15. The second kappa shape index (κ2) is 7.04. The first-order valence-electron chi connectivity index (χ1n) is 6.78. The first-order chi connectivity index (χ1) is 8.47. The molecule has 4 nitrogen and oxygen atoms in total. The summed E-state index contributed by atoms with van der Waals surface area (Å²) in [4.78, 5) is 14.8. The van der Waals surface area contributed by atoms with Crippen LogP contribution in [0.4, 0.5) is 0 Å². The van der Waals surface area contributed by atoms with Crippen LogP contribution in [0, 0.1) is 11.8 Å². The lowest BCUT2D eigenvalue weighted by Gasteiger charge is -2.25. The zero-order chi connectivity index (χ0) is 13.7. The fourth-order valence-electron chi connectivity index (χ4n) is 2.63. The van der Waals surface area contributed by atoms with Crippen LogP contribution in [-0.4, -0.2) is 41.5 Å². The Morgan fingerprint density at radius 2 is 2.22 bits per heavy atom. The van der Waals surface area contributed by atoms with E-state index < -0.39 is 0 Å². The third-order valence-electron chi connectivity index (χ3n) is 3.67. The molecule has 0 bridgehead atoms. The van der Waals surface area contributed by atoms with Crippen LogP contribution in [0.2, 0.25) is 0 Å². The van der Waals surface area contributed by atoms with E-state index in [0.29, 0.717) is 17.6 Å². The van der Waals surface area contributed by atoms with E-state index in [1.54, 1.807) is 0 Å². The number of carbonyl (C=O) groups excluding carboxylic acids is 1. The van der Waals surface area contributed by atoms with Gasteiger partial charge in [-0.25, -0.2) is 0 Å². The number of likely N-dealkylation sites (N-methyl/N-ethyl adjacent to an activating group) is 1. The van der Waals surface area contributed by atoms with Crippen LogP contribution in [0.3, 0.4) is 0 Å². The summed E-state index contributed by atoms with van der Waals surface area (Å²) < 4.78 is 0. The Balaban J connectivity index is 2.47. The molecule has 1 saturated heterocycles. The monoisotopic (exact) mass is 271 g/mol. The SMILES string of the molecule is CCN1CCCC1CNC(=O)C(C(N)=S)C(C)C. The second-order valence-electron chi connectivity index (χ2n) is 5.29. The van der Waals surface area contributed by atoms with Gasteiger partial charge in [-0.2, -0.15) is 0 Å². The van der Waals surface area contributed by atoms with Crippen LogP contribution in [-0.2, 0) is 4.79 Å². The number of hydrogen-bond donors (Lipinski definition) is 2. The molecule has 2 unspecified atom stereocenters. The molecule has 0 aliphatic carbocycles. The molecule has 1 fully saturated rings. The Labute approximate surface area is 115 Å². The van der Waals surface area contributed by atoms with E-state index in [4.69, 9.17) is 18.0 Å². The summed E-state index contributed by atoms with van der Waals surface area (Å²) in [6.07, 6.45) is 2.38. The van der Waals surface area contributed by atoms with Gasteiger partial charge in [0.05, 0.1) is 10.9 Å². The molecule has 2 atom stereocenters. The molecule has 18 heavy (non-hydrogen) atoms. The minimum atomic E-state index is -0.350. The molecule has 0 aromatic rings. The number of amides is 1. The second-order valence-corrected chi connectivity index (χ2v) is 5.77. The van der Waals surface area contributed by atoms with Crippen molar-refractivity contribution in [1.82, 2.24) is 10.2 Å². The number of likely N-dealkylation sites (tertiary alicyclic amines) is 1. The number of carbonyl (C=O) groups is 1. The molecule has 0 aromatic heterocycles. The maximum atomic E-state index is 12.1. The van der Waals surface area contributed by atoms with Crippen molar-refractivity contribution in [2.45, 2.75) is 39.7 Å². The highest BCUT2D eigenvalue weighted by atomic mass is 32.1. The van der Waals surface area contributed by atoms with Crippen molar-refractivity contribution in [3.05, 3.63) is 0 Å². The van der Waals surface area contributed by atoms with E-state index >= 15 is 0 Å². The molecule has 0 radical (unpaired) electrons. The maximum absolute atomic E-state index is 12.1. The zero-order valence-electron chi connectivity index (χ0n) is 11.6. The smallest absolute Gasteiger partial charge is 0.230 e. The van der Waals surface area contributed by atoms with Crippen molar-refractivity contribution in [3.8, 4) is 0 Å². The predicted molar refractivity (Wildman–Crippen MR) is 78.4 cm³/mol.